The summed E-state index contributed by atoms with van der Waals surface area (Å²) in [5.41, 5.74) is 6.82. The van der Waals surface area contributed by atoms with E-state index in [9.17, 15) is 4.79 Å². The number of hydrogen-bond acceptors (Lipinski definition) is 4. The quantitative estimate of drug-likeness (QED) is 0.343. The van der Waals surface area contributed by atoms with E-state index in [0.717, 1.165) is 22.4 Å². The Labute approximate surface area is 181 Å². The summed E-state index contributed by atoms with van der Waals surface area (Å²) in [4.78, 5) is 16.4. The molecule has 0 aliphatic carbocycles. The summed E-state index contributed by atoms with van der Waals surface area (Å²) in [6.07, 6.45) is 3.17. The summed E-state index contributed by atoms with van der Waals surface area (Å²) in [6.45, 7) is 0.406. The molecule has 0 aliphatic rings. The SMILES string of the molecule is O=C(N/N=C\c1ccccn1)c1ccc(COc2ccccc2-c2ccccc2)cc1. The number of nitrogens with zero attached hydrogens (tertiary/aromatic N) is 2. The van der Waals surface area contributed by atoms with Crippen molar-refractivity contribution in [3.05, 3.63) is 120 Å². The van der Waals surface area contributed by atoms with Crippen molar-refractivity contribution >= 4 is 12.1 Å². The average molecular weight is 407 g/mol. The first-order chi connectivity index (χ1) is 15.3. The van der Waals surface area contributed by atoms with E-state index in [0.29, 0.717) is 17.9 Å². The van der Waals surface area contributed by atoms with E-state index < -0.39 is 0 Å². The van der Waals surface area contributed by atoms with Crippen molar-refractivity contribution < 1.29 is 9.53 Å². The second kappa shape index (κ2) is 9.98. The number of para-hydroxylation sites is 1. The Bertz CT molecular complexity index is 1160. The summed E-state index contributed by atoms with van der Waals surface area (Å²) in [5.74, 6) is 0.536. The molecule has 1 amide bonds. The Kier molecular flexibility index (Phi) is 6.45. The lowest BCUT2D eigenvalue weighted by Crippen LogP contribution is -2.17. The molecule has 1 heterocycles. The lowest BCUT2D eigenvalue weighted by molar-refractivity contribution is 0.0955. The third-order valence-electron chi connectivity index (χ3n) is 4.63. The standard InChI is InChI=1S/C26H21N3O2/c30-26(29-28-18-23-10-6-7-17-27-23)22-15-13-20(14-16-22)19-31-25-12-5-4-11-24(25)21-8-2-1-3-9-21/h1-18H,19H2,(H,29,30)/b28-18-. The van der Waals surface area contributed by atoms with Gasteiger partial charge in [0.25, 0.3) is 5.91 Å². The van der Waals surface area contributed by atoms with Gasteiger partial charge in [-0.15, -0.1) is 0 Å². The van der Waals surface area contributed by atoms with Gasteiger partial charge in [-0.2, -0.15) is 5.10 Å². The van der Waals surface area contributed by atoms with Crippen molar-refractivity contribution in [2.75, 3.05) is 0 Å². The number of nitrogens with one attached hydrogen (secondary N) is 1. The maximum absolute atomic E-state index is 12.3. The number of hydrazone groups is 1. The maximum atomic E-state index is 12.3. The van der Waals surface area contributed by atoms with Crippen molar-refractivity contribution in [3.63, 3.8) is 0 Å². The highest BCUT2D eigenvalue weighted by atomic mass is 16.5. The third-order valence-corrected chi connectivity index (χ3v) is 4.63. The first kappa shape index (κ1) is 20.0. The zero-order chi connectivity index (χ0) is 21.3. The molecule has 0 radical (unpaired) electrons. The molecule has 5 nitrogen and oxygen atoms in total. The van der Waals surface area contributed by atoms with Crippen LogP contribution in [0.4, 0.5) is 0 Å². The number of pyridine rings is 1. The van der Waals surface area contributed by atoms with Crippen molar-refractivity contribution in [2.24, 2.45) is 5.10 Å². The average Bonchev–Trinajstić information content (AvgIpc) is 2.84. The van der Waals surface area contributed by atoms with Crippen molar-refractivity contribution in [1.82, 2.24) is 10.4 Å². The van der Waals surface area contributed by atoms with Crippen LogP contribution in [0.1, 0.15) is 21.6 Å². The minimum absolute atomic E-state index is 0.283. The number of amides is 1. The Morgan fingerprint density at radius 2 is 1.61 bits per heavy atom. The monoisotopic (exact) mass is 407 g/mol. The van der Waals surface area contributed by atoms with Crippen LogP contribution in [0.5, 0.6) is 5.75 Å². The highest BCUT2D eigenvalue weighted by Crippen LogP contribution is 2.30. The number of rotatable bonds is 7. The molecule has 0 saturated carbocycles. The molecule has 0 unspecified atom stereocenters. The van der Waals surface area contributed by atoms with Gasteiger partial charge in [0.05, 0.1) is 11.9 Å². The molecule has 0 bridgehead atoms. The van der Waals surface area contributed by atoms with Crippen LogP contribution in [0.3, 0.4) is 0 Å². The number of hydrogen-bond donors (Lipinski definition) is 1. The molecule has 1 aromatic heterocycles. The Morgan fingerprint density at radius 3 is 2.39 bits per heavy atom. The minimum atomic E-state index is -0.283. The molecule has 0 atom stereocenters. The molecule has 0 saturated heterocycles. The van der Waals surface area contributed by atoms with Gasteiger partial charge in [0.1, 0.15) is 12.4 Å². The number of carbonyl (C=O) groups excluding carboxylic acids is 1. The van der Waals surface area contributed by atoms with Crippen LogP contribution < -0.4 is 10.2 Å². The van der Waals surface area contributed by atoms with Crippen LogP contribution in [-0.4, -0.2) is 17.1 Å². The second-order valence-corrected chi connectivity index (χ2v) is 6.80. The van der Waals surface area contributed by atoms with Crippen LogP contribution in [0.15, 0.2) is 108 Å². The maximum Gasteiger partial charge on any atom is 0.271 e. The molecule has 3 aromatic carbocycles. The summed E-state index contributed by atoms with van der Waals surface area (Å²) in [6, 6.07) is 30.9. The minimum Gasteiger partial charge on any atom is -0.488 e. The number of ether oxygens (including phenoxy) is 1. The van der Waals surface area contributed by atoms with Crippen molar-refractivity contribution in [2.45, 2.75) is 6.61 Å². The van der Waals surface area contributed by atoms with Gasteiger partial charge in [-0.1, -0.05) is 66.7 Å². The van der Waals surface area contributed by atoms with Gasteiger partial charge in [0.15, 0.2) is 0 Å². The summed E-state index contributed by atoms with van der Waals surface area (Å²) in [5, 5.41) is 3.94. The van der Waals surface area contributed by atoms with E-state index in [4.69, 9.17) is 4.74 Å². The van der Waals surface area contributed by atoms with Gasteiger partial charge in [-0.05, 0) is 41.5 Å². The first-order valence-corrected chi connectivity index (χ1v) is 9.90. The summed E-state index contributed by atoms with van der Waals surface area (Å²) >= 11 is 0. The molecule has 4 aromatic rings. The zero-order valence-electron chi connectivity index (χ0n) is 16.8. The van der Waals surface area contributed by atoms with E-state index in [2.05, 4.69) is 27.6 Å². The Hall–Kier alpha value is -4.25. The molecule has 0 spiro atoms. The Morgan fingerprint density at radius 1 is 0.871 bits per heavy atom. The van der Waals surface area contributed by atoms with Gasteiger partial charge in [0.2, 0.25) is 0 Å². The highest BCUT2D eigenvalue weighted by molar-refractivity contribution is 5.94. The van der Waals surface area contributed by atoms with E-state index >= 15 is 0 Å². The van der Waals surface area contributed by atoms with E-state index in [1.807, 2.05) is 66.7 Å². The molecule has 5 heteroatoms. The fraction of sp³-hybridized carbons (Fsp3) is 0.0385. The molecule has 4 rings (SSSR count). The molecule has 31 heavy (non-hydrogen) atoms. The predicted molar refractivity (Wildman–Crippen MR) is 122 cm³/mol. The zero-order valence-corrected chi connectivity index (χ0v) is 16.8. The van der Waals surface area contributed by atoms with Crippen LogP contribution in [-0.2, 0) is 6.61 Å². The van der Waals surface area contributed by atoms with Gasteiger partial charge in [0, 0.05) is 17.3 Å². The molecule has 152 valence electrons. The van der Waals surface area contributed by atoms with E-state index in [1.54, 1.807) is 24.4 Å². The molecule has 1 N–H and O–H groups in total. The lowest BCUT2D eigenvalue weighted by atomic mass is 10.0. The summed E-state index contributed by atoms with van der Waals surface area (Å²) in [7, 11) is 0. The number of benzene rings is 3. The second-order valence-electron chi connectivity index (χ2n) is 6.80. The predicted octanol–water partition coefficient (Wildman–Crippen LogP) is 5.09. The molecular formula is C26H21N3O2. The van der Waals surface area contributed by atoms with Gasteiger partial charge in [-0.3, -0.25) is 9.78 Å². The Balaban J connectivity index is 1.36. The van der Waals surface area contributed by atoms with Gasteiger partial charge in [-0.25, -0.2) is 5.43 Å². The van der Waals surface area contributed by atoms with Crippen molar-refractivity contribution in [3.8, 4) is 16.9 Å². The normalized spacial score (nSPS) is 10.7. The number of carbonyl (C=O) groups is 1. The molecular weight excluding hydrogens is 386 g/mol. The topological polar surface area (TPSA) is 63.6 Å². The van der Waals surface area contributed by atoms with Gasteiger partial charge < -0.3 is 4.74 Å². The van der Waals surface area contributed by atoms with Crippen LogP contribution in [0.25, 0.3) is 11.1 Å². The van der Waals surface area contributed by atoms with E-state index in [-0.39, 0.29) is 5.91 Å². The highest BCUT2D eigenvalue weighted by Gasteiger charge is 2.07. The van der Waals surface area contributed by atoms with Crippen LogP contribution in [0, 0.1) is 0 Å². The third kappa shape index (κ3) is 5.42. The number of aromatic nitrogens is 1. The van der Waals surface area contributed by atoms with Gasteiger partial charge >= 0.3 is 0 Å². The lowest BCUT2D eigenvalue weighted by Gasteiger charge is -2.12. The fourth-order valence-electron chi connectivity index (χ4n) is 3.04. The van der Waals surface area contributed by atoms with Crippen LogP contribution in [0.2, 0.25) is 0 Å². The largest absolute Gasteiger partial charge is 0.488 e. The van der Waals surface area contributed by atoms with Crippen LogP contribution >= 0.6 is 0 Å². The first-order valence-electron chi connectivity index (χ1n) is 9.90. The fourth-order valence-corrected chi connectivity index (χ4v) is 3.04. The molecule has 0 fully saturated rings. The van der Waals surface area contributed by atoms with Crippen molar-refractivity contribution in [1.29, 1.82) is 0 Å². The van der Waals surface area contributed by atoms with E-state index in [1.165, 1.54) is 6.21 Å². The molecule has 0 aliphatic heterocycles. The smallest absolute Gasteiger partial charge is 0.271 e. The summed E-state index contributed by atoms with van der Waals surface area (Å²) < 4.78 is 6.06.